The van der Waals surface area contributed by atoms with Crippen LogP contribution in [0.1, 0.15) is 118 Å². The van der Waals surface area contributed by atoms with Crippen molar-refractivity contribution in [3.8, 4) is 0 Å². The molecule has 3 aromatic rings. The van der Waals surface area contributed by atoms with Crippen molar-refractivity contribution < 1.29 is 19.5 Å². The summed E-state index contributed by atoms with van der Waals surface area (Å²) in [6.07, 6.45) is 13.5. The molecule has 0 unspecified atom stereocenters. The Morgan fingerprint density at radius 3 is 1.68 bits per heavy atom. The zero-order valence-corrected chi connectivity index (χ0v) is 29.6. The van der Waals surface area contributed by atoms with Crippen molar-refractivity contribution in [2.24, 2.45) is 0 Å². The number of H-pyrrole nitrogens is 1. The van der Waals surface area contributed by atoms with Gasteiger partial charge in [-0.2, -0.15) is 0 Å². The second-order valence-corrected chi connectivity index (χ2v) is 10.8. The molecule has 0 saturated carbocycles. The van der Waals surface area contributed by atoms with Crippen LogP contribution in [0.3, 0.4) is 0 Å². The van der Waals surface area contributed by atoms with Crippen molar-refractivity contribution in [3.05, 3.63) is 68.3 Å². The number of allylic oxidation sites excluding steroid dienone is 1. The fourth-order valence-electron chi connectivity index (χ4n) is 7.09. The van der Waals surface area contributed by atoms with Crippen LogP contribution in [0.25, 0.3) is 45.9 Å². The summed E-state index contributed by atoms with van der Waals surface area (Å²) < 4.78 is 2.57. The summed E-state index contributed by atoms with van der Waals surface area (Å²) in [6.45, 7) is 19.3. The van der Waals surface area contributed by atoms with E-state index in [4.69, 9.17) is 9.97 Å². The van der Waals surface area contributed by atoms with Gasteiger partial charge in [-0.3, -0.25) is 0 Å². The SMILES string of the molecule is CCC1=Cc2cc3nc(cc4c(CC)c(CC)c(c(CC)c5[nH]c(c(CC)c1n2)c(CC)c5CC)n4CC)C=C3.[Zn]. The van der Waals surface area contributed by atoms with Crippen molar-refractivity contribution in [1.29, 1.82) is 0 Å². The first-order chi connectivity index (χ1) is 19.5. The van der Waals surface area contributed by atoms with E-state index in [2.05, 4.69) is 95.3 Å². The fraction of sp³-hybridized carbons (Fsp3) is 0.444. The molecule has 2 aliphatic heterocycles. The Balaban J connectivity index is 0.00000387. The molecule has 5 rings (SSSR count). The summed E-state index contributed by atoms with van der Waals surface area (Å²) in [5, 5.41) is 0. The number of hydrogen-bond donors (Lipinski definition) is 1. The summed E-state index contributed by atoms with van der Waals surface area (Å²) >= 11 is 0. The molecule has 8 bridgehead atoms. The van der Waals surface area contributed by atoms with Gasteiger partial charge in [0.1, 0.15) is 0 Å². The van der Waals surface area contributed by atoms with Gasteiger partial charge in [-0.15, -0.1) is 0 Å². The maximum Gasteiger partial charge on any atom is 0.0722 e. The first-order valence-electron chi connectivity index (χ1n) is 15.7. The third kappa shape index (κ3) is 5.20. The van der Waals surface area contributed by atoms with E-state index in [1.807, 2.05) is 0 Å². The Labute approximate surface area is 259 Å². The van der Waals surface area contributed by atoms with Gasteiger partial charge < -0.3 is 9.55 Å². The molecule has 2 aliphatic rings. The minimum atomic E-state index is 0. The molecule has 5 heteroatoms. The second kappa shape index (κ2) is 13.0. The Kier molecular flexibility index (Phi) is 9.90. The van der Waals surface area contributed by atoms with E-state index in [0.717, 1.165) is 74.3 Å². The zero-order valence-electron chi connectivity index (χ0n) is 26.6. The van der Waals surface area contributed by atoms with Crippen molar-refractivity contribution in [2.45, 2.75) is 107 Å². The van der Waals surface area contributed by atoms with Crippen molar-refractivity contribution in [2.75, 3.05) is 0 Å². The first kappa shape index (κ1) is 31.2. The van der Waals surface area contributed by atoms with Crippen molar-refractivity contribution >= 4 is 45.9 Å². The molecule has 41 heavy (non-hydrogen) atoms. The van der Waals surface area contributed by atoms with E-state index in [1.165, 1.54) is 61.0 Å². The van der Waals surface area contributed by atoms with Crippen LogP contribution >= 0.6 is 0 Å². The summed E-state index contributed by atoms with van der Waals surface area (Å²) in [4.78, 5) is 14.3. The number of aromatic nitrogens is 4. The predicted molar refractivity (Wildman–Crippen MR) is 174 cm³/mol. The number of aryl methyl sites for hydroxylation is 7. The van der Waals surface area contributed by atoms with Crippen LogP contribution in [0, 0.1) is 0 Å². The molecule has 212 valence electrons. The molecule has 0 atom stereocenters. The molecular weight excluding hydrogens is 554 g/mol. The largest absolute Gasteiger partial charge is 0.354 e. The van der Waals surface area contributed by atoms with Crippen molar-refractivity contribution in [1.82, 2.24) is 19.5 Å². The first-order valence-corrected chi connectivity index (χ1v) is 15.7. The third-order valence-corrected chi connectivity index (χ3v) is 8.86. The van der Waals surface area contributed by atoms with Crippen LogP contribution in [0.15, 0.2) is 12.1 Å². The quantitative estimate of drug-likeness (QED) is 0.205. The minimum absolute atomic E-state index is 0. The predicted octanol–water partition coefficient (Wildman–Crippen LogP) is 9.30. The molecule has 0 amide bonds. The van der Waals surface area contributed by atoms with E-state index in [0.29, 0.717) is 0 Å². The minimum Gasteiger partial charge on any atom is -0.354 e. The second-order valence-electron chi connectivity index (χ2n) is 10.8. The maximum atomic E-state index is 5.22. The van der Waals surface area contributed by atoms with E-state index in [9.17, 15) is 0 Å². The summed E-state index contributed by atoms with van der Waals surface area (Å²) in [6, 6.07) is 4.45. The van der Waals surface area contributed by atoms with Gasteiger partial charge in [0, 0.05) is 53.7 Å². The summed E-state index contributed by atoms with van der Waals surface area (Å²) in [5.41, 5.74) is 19.4. The van der Waals surface area contributed by atoms with E-state index in [-0.39, 0.29) is 19.5 Å². The molecular formula is C36H46N4Zn. The molecule has 0 spiro atoms. The van der Waals surface area contributed by atoms with Gasteiger partial charge >= 0.3 is 0 Å². The smallest absolute Gasteiger partial charge is 0.0722 e. The van der Waals surface area contributed by atoms with Gasteiger partial charge in [0.15, 0.2) is 0 Å². The van der Waals surface area contributed by atoms with Crippen LogP contribution in [0.2, 0.25) is 0 Å². The number of nitrogens with zero attached hydrogens (tertiary/aromatic N) is 3. The number of nitrogens with one attached hydrogen (secondary N) is 1. The number of rotatable bonds is 8. The number of fused-ring (bicyclic) bond motifs is 8. The van der Waals surface area contributed by atoms with Crippen molar-refractivity contribution in [3.63, 3.8) is 0 Å². The summed E-state index contributed by atoms with van der Waals surface area (Å²) in [5.74, 6) is 0. The van der Waals surface area contributed by atoms with Gasteiger partial charge in [-0.05, 0) is 116 Å². The molecule has 0 saturated heterocycles. The van der Waals surface area contributed by atoms with E-state index < -0.39 is 0 Å². The molecule has 5 heterocycles. The Morgan fingerprint density at radius 2 is 1.15 bits per heavy atom. The molecule has 0 aromatic carbocycles. The van der Waals surface area contributed by atoms with E-state index in [1.54, 1.807) is 0 Å². The zero-order chi connectivity index (χ0) is 28.6. The third-order valence-electron chi connectivity index (χ3n) is 8.86. The van der Waals surface area contributed by atoms with Crippen LogP contribution in [-0.4, -0.2) is 19.5 Å². The average Bonchev–Trinajstić information content (AvgIpc) is 3.73. The molecule has 0 fully saturated rings. The Hall–Kier alpha value is -2.78. The summed E-state index contributed by atoms with van der Waals surface area (Å²) in [7, 11) is 0. The number of hydrogen-bond acceptors (Lipinski definition) is 2. The van der Waals surface area contributed by atoms with Crippen LogP contribution < -0.4 is 0 Å². The van der Waals surface area contributed by atoms with Gasteiger partial charge in [0.2, 0.25) is 0 Å². The topological polar surface area (TPSA) is 46.5 Å². The molecule has 3 aromatic heterocycles. The molecule has 1 N–H and O–H groups in total. The van der Waals surface area contributed by atoms with Crippen LogP contribution in [-0.2, 0) is 64.5 Å². The normalized spacial score (nSPS) is 12.5. The molecule has 4 nitrogen and oxygen atoms in total. The molecule has 0 aliphatic carbocycles. The van der Waals surface area contributed by atoms with Crippen LogP contribution in [0.5, 0.6) is 0 Å². The van der Waals surface area contributed by atoms with Gasteiger partial charge in [-0.25, -0.2) is 9.97 Å². The monoisotopic (exact) mass is 598 g/mol. The Morgan fingerprint density at radius 1 is 0.585 bits per heavy atom. The number of aromatic amines is 1. The fourth-order valence-corrected chi connectivity index (χ4v) is 7.09. The molecule has 0 radical (unpaired) electrons. The van der Waals surface area contributed by atoms with Gasteiger partial charge in [0.25, 0.3) is 0 Å². The standard InChI is InChI=1S/C36H46N4.Zn/c1-9-22-19-25-20-23-17-18-24(37-23)21-32-26(10-2)29(13-5)36(40(32)16-8)31(15-7)35-28(12-4)27(11-3)34(39-35)30(14-6)33(22)38-25;/h17-21,39H,9-16H2,1-8H3;. The average molecular weight is 600 g/mol. The maximum absolute atomic E-state index is 5.22. The van der Waals surface area contributed by atoms with Crippen LogP contribution in [0.4, 0.5) is 0 Å². The van der Waals surface area contributed by atoms with Gasteiger partial charge in [0.05, 0.1) is 22.8 Å². The Bertz CT molecular complexity index is 1680. The van der Waals surface area contributed by atoms with Gasteiger partial charge in [-0.1, -0.05) is 48.5 Å². The van der Waals surface area contributed by atoms with E-state index >= 15 is 0 Å².